The predicted octanol–water partition coefficient (Wildman–Crippen LogP) is 4.20. The van der Waals surface area contributed by atoms with E-state index in [0.717, 1.165) is 22.2 Å². The second kappa shape index (κ2) is 11.6. The zero-order chi connectivity index (χ0) is 28.3. The molecule has 10 nitrogen and oxygen atoms in total. The van der Waals surface area contributed by atoms with Gasteiger partial charge in [-0.2, -0.15) is 13.2 Å². The molecule has 0 bridgehead atoms. The average Bonchev–Trinajstić information content (AvgIpc) is 3.34. The van der Waals surface area contributed by atoms with E-state index in [1.54, 1.807) is 12.3 Å². The molecule has 1 aliphatic rings. The van der Waals surface area contributed by atoms with Crippen LogP contribution in [-0.2, 0) is 11.3 Å². The number of aromatic nitrogens is 5. The number of aliphatic hydroxyl groups is 1. The van der Waals surface area contributed by atoms with Gasteiger partial charge in [-0.05, 0) is 42.3 Å². The van der Waals surface area contributed by atoms with Crippen LogP contribution in [0.1, 0.15) is 37.1 Å². The van der Waals surface area contributed by atoms with Gasteiger partial charge in [0, 0.05) is 44.5 Å². The molecule has 3 N–H and O–H groups in total. The molecule has 1 saturated heterocycles. The Morgan fingerprint density at radius 2 is 1.90 bits per heavy atom. The fourth-order valence-electron chi connectivity index (χ4n) is 4.61. The third kappa shape index (κ3) is 6.72. The number of imidazole rings is 1. The topological polar surface area (TPSA) is 123 Å². The Labute approximate surface area is 228 Å². The lowest BCUT2D eigenvalue weighted by Gasteiger charge is -2.35. The first-order chi connectivity index (χ1) is 19.2. The first-order valence-electron chi connectivity index (χ1n) is 13.0. The van der Waals surface area contributed by atoms with Crippen molar-refractivity contribution < 1.29 is 23.1 Å². The summed E-state index contributed by atoms with van der Waals surface area (Å²) in [5, 5.41) is 13.3. The van der Waals surface area contributed by atoms with E-state index in [4.69, 9.17) is 0 Å². The van der Waals surface area contributed by atoms with Crippen LogP contribution in [0.4, 0.5) is 24.9 Å². The number of piperazine rings is 1. The first kappa shape index (κ1) is 27.5. The highest BCUT2D eigenvalue weighted by Gasteiger charge is 2.34. The van der Waals surface area contributed by atoms with E-state index in [2.05, 4.69) is 35.1 Å². The number of amides is 1. The van der Waals surface area contributed by atoms with Crippen LogP contribution in [0.2, 0.25) is 0 Å². The largest absolute Gasteiger partial charge is 0.397 e. The van der Waals surface area contributed by atoms with E-state index in [0.29, 0.717) is 49.2 Å². The van der Waals surface area contributed by atoms with E-state index in [-0.39, 0.29) is 13.1 Å². The van der Waals surface area contributed by atoms with E-state index >= 15 is 0 Å². The summed E-state index contributed by atoms with van der Waals surface area (Å²) in [4.78, 5) is 35.9. The van der Waals surface area contributed by atoms with Gasteiger partial charge in [0.25, 0.3) is 0 Å². The number of nitrogens with zero attached hydrogens (tertiary/aromatic N) is 6. The lowest BCUT2D eigenvalue weighted by Crippen LogP contribution is -2.49. The maximum absolute atomic E-state index is 12.5. The molecular weight excluding hydrogens is 525 g/mol. The number of nitrogens with one attached hydrogen (secondary N) is 2. The number of H-pyrrole nitrogens is 1. The number of aromatic amines is 1. The fraction of sp³-hybridized carbons (Fsp3) is 0.370. The van der Waals surface area contributed by atoms with Crippen LogP contribution in [0.25, 0.3) is 22.3 Å². The van der Waals surface area contributed by atoms with Crippen LogP contribution in [0.3, 0.4) is 0 Å². The number of carbonyl (C=O) groups is 1. The molecule has 1 amide bonds. The molecule has 210 valence electrons. The highest BCUT2D eigenvalue weighted by Crippen LogP contribution is 2.26. The third-order valence-electron chi connectivity index (χ3n) is 6.75. The van der Waals surface area contributed by atoms with Crippen molar-refractivity contribution in [2.24, 2.45) is 0 Å². The summed E-state index contributed by atoms with van der Waals surface area (Å²) < 4.78 is 37.6. The fourth-order valence-corrected chi connectivity index (χ4v) is 4.61. The van der Waals surface area contributed by atoms with Crippen LogP contribution < -0.4 is 5.32 Å². The molecule has 0 saturated carbocycles. The molecule has 0 spiro atoms. The smallest absolute Gasteiger partial charge is 0.387 e. The predicted molar refractivity (Wildman–Crippen MR) is 142 cm³/mol. The summed E-state index contributed by atoms with van der Waals surface area (Å²) in [6.07, 6.45) is -2.87. The molecule has 40 heavy (non-hydrogen) atoms. The highest BCUT2D eigenvalue weighted by atomic mass is 19.4. The van der Waals surface area contributed by atoms with Gasteiger partial charge < -0.3 is 20.3 Å². The van der Waals surface area contributed by atoms with E-state index in [1.165, 1.54) is 11.2 Å². The molecule has 0 aliphatic carbocycles. The van der Waals surface area contributed by atoms with Gasteiger partial charge in [-0.25, -0.2) is 19.9 Å². The molecular formula is C27H29F3N8O2. The first-order valence-corrected chi connectivity index (χ1v) is 13.0. The summed E-state index contributed by atoms with van der Waals surface area (Å²) in [6.45, 7) is 3.98. The number of pyridine rings is 1. The molecule has 1 aromatic carbocycles. The minimum absolute atomic E-state index is 0.265. The second-order valence-corrected chi connectivity index (χ2v) is 9.69. The maximum atomic E-state index is 12.5. The standard InChI is InChI=1S/C27H29F3N8O2/c1-2-23(39)22-13-20(32-16-33-22)18-3-4-19-21(12-18)35-26(34-19)36-24-11-17(5-6-31-24)15-37-7-9-38(10-8-37)25(40)14-27(28,29)30/h3-6,11-13,16,23,39H,2,7-10,14-15H2,1H3,(H2,31,34,35,36). The number of halogens is 3. The van der Waals surface area contributed by atoms with Crippen LogP contribution in [0, 0.1) is 0 Å². The van der Waals surface area contributed by atoms with Gasteiger partial charge >= 0.3 is 6.18 Å². The minimum Gasteiger partial charge on any atom is -0.387 e. The molecule has 4 aromatic rings. The average molecular weight is 555 g/mol. The maximum Gasteiger partial charge on any atom is 0.397 e. The van der Waals surface area contributed by atoms with Gasteiger partial charge in [0.2, 0.25) is 11.9 Å². The van der Waals surface area contributed by atoms with Gasteiger partial charge in [0.05, 0.1) is 28.5 Å². The Kier molecular flexibility index (Phi) is 7.94. The van der Waals surface area contributed by atoms with Crippen molar-refractivity contribution in [2.75, 3.05) is 31.5 Å². The Balaban J connectivity index is 1.22. The number of hydrogen-bond donors (Lipinski definition) is 3. The van der Waals surface area contributed by atoms with Gasteiger partial charge in [-0.15, -0.1) is 0 Å². The number of hydrogen-bond acceptors (Lipinski definition) is 8. The van der Waals surface area contributed by atoms with Crippen molar-refractivity contribution in [1.82, 2.24) is 34.7 Å². The lowest BCUT2D eigenvalue weighted by molar-refractivity contribution is -0.162. The van der Waals surface area contributed by atoms with Crippen molar-refractivity contribution in [3.8, 4) is 11.3 Å². The molecule has 13 heteroatoms. The molecule has 1 atom stereocenters. The third-order valence-corrected chi connectivity index (χ3v) is 6.75. The Hall–Kier alpha value is -4.10. The highest BCUT2D eigenvalue weighted by molar-refractivity contribution is 5.83. The van der Waals surface area contributed by atoms with Crippen molar-refractivity contribution in [1.29, 1.82) is 0 Å². The monoisotopic (exact) mass is 554 g/mol. The molecule has 1 aliphatic heterocycles. The SMILES string of the molecule is CCC(O)c1cc(-c2ccc3nc(Nc4cc(CN5CCN(C(=O)CC(F)(F)F)CC5)ccn4)[nH]c3c2)ncn1. The molecule has 5 rings (SSSR count). The summed E-state index contributed by atoms with van der Waals surface area (Å²) in [5.74, 6) is 0.223. The van der Waals surface area contributed by atoms with Crippen molar-refractivity contribution >= 4 is 28.7 Å². The summed E-state index contributed by atoms with van der Waals surface area (Å²) in [7, 11) is 0. The van der Waals surface area contributed by atoms with E-state index < -0.39 is 24.6 Å². The van der Waals surface area contributed by atoms with Crippen molar-refractivity contribution in [3.05, 3.63) is 60.2 Å². The van der Waals surface area contributed by atoms with Gasteiger partial charge in [-0.3, -0.25) is 9.69 Å². The number of carbonyl (C=O) groups excluding carboxylic acids is 1. The van der Waals surface area contributed by atoms with Crippen LogP contribution in [-0.4, -0.2) is 78.1 Å². The lowest BCUT2D eigenvalue weighted by atomic mass is 10.1. The number of fused-ring (bicyclic) bond motifs is 1. The van der Waals surface area contributed by atoms with Crippen molar-refractivity contribution in [2.45, 2.75) is 38.6 Å². The number of benzene rings is 1. The quantitative estimate of drug-likeness (QED) is 0.296. The van der Waals surface area contributed by atoms with Crippen LogP contribution >= 0.6 is 0 Å². The zero-order valence-electron chi connectivity index (χ0n) is 21.8. The Morgan fingerprint density at radius 3 is 2.65 bits per heavy atom. The molecule has 3 aromatic heterocycles. The molecule has 1 fully saturated rings. The summed E-state index contributed by atoms with van der Waals surface area (Å²) in [6, 6.07) is 11.3. The van der Waals surface area contributed by atoms with Crippen LogP contribution in [0.15, 0.2) is 48.9 Å². The Morgan fingerprint density at radius 1 is 1.10 bits per heavy atom. The Bertz CT molecular complexity index is 1480. The molecule has 4 heterocycles. The molecule has 1 unspecified atom stereocenters. The van der Waals surface area contributed by atoms with Gasteiger partial charge in [0.1, 0.15) is 18.6 Å². The van der Waals surface area contributed by atoms with E-state index in [1.807, 2.05) is 37.3 Å². The summed E-state index contributed by atoms with van der Waals surface area (Å²) in [5.41, 5.74) is 4.65. The zero-order valence-corrected chi connectivity index (χ0v) is 21.8. The van der Waals surface area contributed by atoms with Crippen molar-refractivity contribution in [3.63, 3.8) is 0 Å². The molecule has 0 radical (unpaired) electrons. The van der Waals surface area contributed by atoms with Gasteiger partial charge in [0.15, 0.2) is 0 Å². The number of anilines is 2. The number of aliphatic hydroxyl groups excluding tert-OH is 1. The van der Waals surface area contributed by atoms with Gasteiger partial charge in [-0.1, -0.05) is 13.0 Å². The summed E-state index contributed by atoms with van der Waals surface area (Å²) >= 11 is 0. The normalized spacial score (nSPS) is 15.4. The number of rotatable bonds is 8. The van der Waals surface area contributed by atoms with Crippen LogP contribution in [0.5, 0.6) is 0 Å². The second-order valence-electron chi connectivity index (χ2n) is 9.69. The minimum atomic E-state index is -4.49. The number of alkyl halides is 3. The van der Waals surface area contributed by atoms with E-state index in [9.17, 15) is 23.1 Å².